The Hall–Kier alpha value is -1.90. The summed E-state index contributed by atoms with van der Waals surface area (Å²) in [6.07, 6.45) is 0. The maximum Gasteiger partial charge on any atom is 0.243 e. The Morgan fingerprint density at radius 1 is 1.36 bits per heavy atom. The molecule has 0 aliphatic rings. The first-order valence-corrected chi connectivity index (χ1v) is 8.17. The number of amides is 1. The number of nitrogens with zero attached hydrogens (tertiary/aromatic N) is 1. The Balaban J connectivity index is 2.09. The zero-order chi connectivity index (χ0) is 16.3. The molecule has 2 rings (SSSR count). The average molecular weight is 344 g/mol. The summed E-state index contributed by atoms with van der Waals surface area (Å²) in [4.78, 5) is 11.9. The molecule has 1 amide bonds. The first kappa shape index (κ1) is 16.5. The Bertz CT molecular complexity index is 788. The van der Waals surface area contributed by atoms with Gasteiger partial charge in [0, 0.05) is 6.07 Å². The highest BCUT2D eigenvalue weighted by Crippen LogP contribution is 2.20. The fraction of sp³-hybridized carbons (Fsp3) is 0.231. The summed E-state index contributed by atoms with van der Waals surface area (Å²) in [6, 6.07) is 6.48. The smallest absolute Gasteiger partial charge is 0.243 e. The highest BCUT2D eigenvalue weighted by Gasteiger charge is 2.24. The van der Waals surface area contributed by atoms with Crippen LogP contribution in [-0.2, 0) is 14.8 Å². The molecule has 118 valence electrons. The van der Waals surface area contributed by atoms with Crippen LogP contribution in [0.3, 0.4) is 0 Å². The number of nitrogens with one attached hydrogen (secondary N) is 2. The highest BCUT2D eigenvalue weighted by molar-refractivity contribution is 7.89. The molecule has 0 bridgehead atoms. The largest absolute Gasteiger partial charge is 0.360 e. The van der Waals surface area contributed by atoms with Crippen LogP contribution in [0.4, 0.5) is 5.82 Å². The van der Waals surface area contributed by atoms with E-state index in [0.717, 1.165) is 0 Å². The number of carbonyl (C=O) groups excluding carboxylic acids is 1. The van der Waals surface area contributed by atoms with Gasteiger partial charge >= 0.3 is 0 Å². The van der Waals surface area contributed by atoms with E-state index in [1.807, 2.05) is 0 Å². The van der Waals surface area contributed by atoms with Gasteiger partial charge in [-0.25, -0.2) is 8.42 Å². The van der Waals surface area contributed by atoms with Crippen LogP contribution >= 0.6 is 11.6 Å². The molecule has 1 atom stereocenters. The molecule has 22 heavy (non-hydrogen) atoms. The lowest BCUT2D eigenvalue weighted by molar-refractivity contribution is -0.117. The molecule has 0 fully saturated rings. The zero-order valence-electron chi connectivity index (χ0n) is 11.8. The standard InChI is InChI=1S/C13H14ClN3O4S/c1-8-7-12(16-21-8)15-13(18)9(2)17-22(19,20)11-6-4-3-5-10(11)14/h3-7,9,17H,1-2H3,(H,15,16,18)/t9-/m0/s1. The molecule has 1 aromatic carbocycles. The van der Waals surface area contributed by atoms with Crippen molar-refractivity contribution in [2.24, 2.45) is 0 Å². The second kappa shape index (κ2) is 6.47. The molecule has 0 aliphatic heterocycles. The number of anilines is 1. The predicted octanol–water partition coefficient (Wildman–Crippen LogP) is 1.94. The van der Waals surface area contributed by atoms with E-state index in [0.29, 0.717) is 5.76 Å². The van der Waals surface area contributed by atoms with Crippen LogP contribution in [0, 0.1) is 6.92 Å². The summed E-state index contributed by atoms with van der Waals surface area (Å²) in [5.41, 5.74) is 0. The molecule has 0 radical (unpaired) electrons. The molecule has 2 N–H and O–H groups in total. The number of hydrogen-bond donors (Lipinski definition) is 2. The van der Waals surface area contributed by atoms with Crippen LogP contribution in [0.1, 0.15) is 12.7 Å². The molecule has 0 spiro atoms. The Labute approximate surface area is 132 Å². The van der Waals surface area contributed by atoms with Crippen molar-refractivity contribution < 1.29 is 17.7 Å². The van der Waals surface area contributed by atoms with Gasteiger partial charge in [0.15, 0.2) is 5.82 Å². The van der Waals surface area contributed by atoms with Gasteiger partial charge in [0.1, 0.15) is 10.7 Å². The Morgan fingerprint density at radius 2 is 2.05 bits per heavy atom. The lowest BCUT2D eigenvalue weighted by atomic mass is 10.3. The predicted molar refractivity (Wildman–Crippen MR) is 81.1 cm³/mol. The normalized spacial score (nSPS) is 12.9. The minimum Gasteiger partial charge on any atom is -0.360 e. The Morgan fingerprint density at radius 3 is 2.64 bits per heavy atom. The quantitative estimate of drug-likeness (QED) is 0.863. The lowest BCUT2D eigenvalue weighted by Gasteiger charge is -2.14. The zero-order valence-corrected chi connectivity index (χ0v) is 13.4. The molecule has 7 nitrogen and oxygen atoms in total. The van der Waals surface area contributed by atoms with Crippen LogP contribution in [0.5, 0.6) is 0 Å². The van der Waals surface area contributed by atoms with E-state index < -0.39 is 22.0 Å². The van der Waals surface area contributed by atoms with Crippen molar-refractivity contribution in [3.05, 3.63) is 41.1 Å². The second-order valence-electron chi connectivity index (χ2n) is 4.59. The van der Waals surface area contributed by atoms with Gasteiger partial charge in [-0.1, -0.05) is 28.9 Å². The van der Waals surface area contributed by atoms with Crippen molar-refractivity contribution in [1.82, 2.24) is 9.88 Å². The molecule has 0 saturated heterocycles. The molecule has 0 aliphatic carbocycles. The number of aromatic nitrogens is 1. The van der Waals surface area contributed by atoms with Gasteiger partial charge in [0.2, 0.25) is 15.9 Å². The van der Waals surface area contributed by atoms with Gasteiger partial charge in [-0.15, -0.1) is 0 Å². The van der Waals surface area contributed by atoms with Crippen LogP contribution in [-0.4, -0.2) is 25.5 Å². The minimum atomic E-state index is -3.91. The van der Waals surface area contributed by atoms with E-state index in [-0.39, 0.29) is 15.7 Å². The molecular formula is C13H14ClN3O4S. The topological polar surface area (TPSA) is 101 Å². The molecule has 9 heteroatoms. The van der Waals surface area contributed by atoms with Crippen molar-refractivity contribution in [2.75, 3.05) is 5.32 Å². The molecule has 0 saturated carbocycles. The maximum atomic E-state index is 12.2. The summed E-state index contributed by atoms with van der Waals surface area (Å²) < 4.78 is 31.5. The van der Waals surface area contributed by atoms with E-state index in [4.69, 9.17) is 16.1 Å². The second-order valence-corrected chi connectivity index (χ2v) is 6.68. The van der Waals surface area contributed by atoms with E-state index in [1.54, 1.807) is 19.1 Å². The van der Waals surface area contributed by atoms with Gasteiger partial charge in [-0.05, 0) is 26.0 Å². The van der Waals surface area contributed by atoms with E-state index in [2.05, 4.69) is 15.2 Å². The maximum absolute atomic E-state index is 12.2. The van der Waals surface area contributed by atoms with Crippen LogP contribution in [0.25, 0.3) is 0 Å². The number of hydrogen-bond acceptors (Lipinski definition) is 5. The van der Waals surface area contributed by atoms with Gasteiger partial charge in [0.05, 0.1) is 11.1 Å². The number of aryl methyl sites for hydroxylation is 1. The van der Waals surface area contributed by atoms with Crippen molar-refractivity contribution in [2.45, 2.75) is 24.8 Å². The monoisotopic (exact) mass is 343 g/mol. The highest BCUT2D eigenvalue weighted by atomic mass is 35.5. The van der Waals surface area contributed by atoms with Crippen LogP contribution < -0.4 is 10.0 Å². The number of halogens is 1. The molecule has 0 unspecified atom stereocenters. The molecule has 1 aromatic heterocycles. The molecular weight excluding hydrogens is 330 g/mol. The van der Waals surface area contributed by atoms with Gasteiger partial charge in [-0.3, -0.25) is 4.79 Å². The number of sulfonamides is 1. The van der Waals surface area contributed by atoms with Crippen molar-refractivity contribution in [3.8, 4) is 0 Å². The third-order valence-electron chi connectivity index (χ3n) is 2.73. The molecule has 2 aromatic rings. The van der Waals surface area contributed by atoms with Crippen molar-refractivity contribution in [1.29, 1.82) is 0 Å². The van der Waals surface area contributed by atoms with E-state index in [1.165, 1.54) is 25.1 Å². The van der Waals surface area contributed by atoms with Crippen LogP contribution in [0.15, 0.2) is 39.8 Å². The first-order valence-electron chi connectivity index (χ1n) is 6.30. The summed E-state index contributed by atoms with van der Waals surface area (Å²) in [5.74, 6) is 0.176. The van der Waals surface area contributed by atoms with E-state index in [9.17, 15) is 13.2 Å². The summed E-state index contributed by atoms with van der Waals surface area (Å²) in [6.45, 7) is 3.09. The SMILES string of the molecule is Cc1cc(NC(=O)[C@H](C)NS(=O)(=O)c2ccccc2Cl)no1. The van der Waals surface area contributed by atoms with Crippen molar-refractivity contribution in [3.63, 3.8) is 0 Å². The minimum absolute atomic E-state index is 0.0785. The van der Waals surface area contributed by atoms with Gasteiger partial charge in [0.25, 0.3) is 0 Å². The van der Waals surface area contributed by atoms with Gasteiger partial charge in [-0.2, -0.15) is 4.72 Å². The molecule has 1 heterocycles. The summed E-state index contributed by atoms with van der Waals surface area (Å²) in [5, 5.41) is 6.13. The fourth-order valence-corrected chi connectivity index (χ4v) is 3.39. The van der Waals surface area contributed by atoms with E-state index >= 15 is 0 Å². The lowest BCUT2D eigenvalue weighted by Crippen LogP contribution is -2.41. The number of carbonyl (C=O) groups is 1. The fourth-order valence-electron chi connectivity index (χ4n) is 1.67. The average Bonchev–Trinajstić information content (AvgIpc) is 2.83. The first-order chi connectivity index (χ1) is 10.3. The number of rotatable bonds is 5. The van der Waals surface area contributed by atoms with Crippen LogP contribution in [0.2, 0.25) is 5.02 Å². The third-order valence-corrected chi connectivity index (χ3v) is 4.77. The summed E-state index contributed by atoms with van der Waals surface area (Å²) >= 11 is 5.86. The van der Waals surface area contributed by atoms with Crippen molar-refractivity contribution >= 4 is 33.3 Å². The number of benzene rings is 1. The third kappa shape index (κ3) is 3.85. The van der Waals surface area contributed by atoms with Gasteiger partial charge < -0.3 is 9.84 Å². The Kier molecular flexibility index (Phi) is 4.84. The summed E-state index contributed by atoms with van der Waals surface area (Å²) in [7, 11) is -3.91.